The van der Waals surface area contributed by atoms with Crippen LogP contribution in [0.2, 0.25) is 0 Å². The van der Waals surface area contributed by atoms with Crippen molar-refractivity contribution in [3.63, 3.8) is 0 Å². The summed E-state index contributed by atoms with van der Waals surface area (Å²) in [4.78, 5) is 16.2. The van der Waals surface area contributed by atoms with Crippen LogP contribution >= 0.6 is 11.8 Å². The third kappa shape index (κ3) is 5.20. The maximum Gasteiger partial charge on any atom is 0.245 e. The van der Waals surface area contributed by atoms with Gasteiger partial charge in [0.05, 0.1) is 13.2 Å². The van der Waals surface area contributed by atoms with E-state index in [1.165, 1.54) is 17.0 Å². The van der Waals surface area contributed by atoms with E-state index in [1.54, 1.807) is 38.0 Å². The van der Waals surface area contributed by atoms with Crippen LogP contribution in [0.1, 0.15) is 18.5 Å². The molecule has 26 heavy (non-hydrogen) atoms. The van der Waals surface area contributed by atoms with Crippen molar-refractivity contribution in [1.82, 2.24) is 4.90 Å². The molecule has 1 heterocycles. The number of amidine groups is 1. The second-order valence-electron chi connectivity index (χ2n) is 6.15. The third-order valence-corrected chi connectivity index (χ3v) is 5.57. The summed E-state index contributed by atoms with van der Waals surface area (Å²) in [5, 5.41) is 1.04. The Morgan fingerprint density at radius 1 is 1.35 bits per heavy atom. The standard InChI is InChI=1S/C12H14FN3S.C5H9NO.CH3F/c1-5-9-10(16-12(15)17-11(5)9)7-4-6(14)2-3-8(7)13;1-4-5(7)6(2)3;1-2/h2-5,9-11H,14H2,1H3,(H2,15,16);4H,1H2,2-3H3;1H3/t5-,9?,10?,11?;;/m0../s1. The quantitative estimate of drug-likeness (QED) is 0.606. The highest BCUT2D eigenvalue weighted by molar-refractivity contribution is 8.14. The molecule has 5 nitrogen and oxygen atoms in total. The summed E-state index contributed by atoms with van der Waals surface area (Å²) < 4.78 is 23.3. The summed E-state index contributed by atoms with van der Waals surface area (Å²) in [6, 6.07) is 4.48. The van der Waals surface area contributed by atoms with Gasteiger partial charge in [-0.1, -0.05) is 25.3 Å². The zero-order valence-corrected chi connectivity index (χ0v) is 16.3. The molecule has 4 N–H and O–H groups in total. The van der Waals surface area contributed by atoms with Crippen LogP contribution in [0.25, 0.3) is 0 Å². The number of carbonyl (C=O) groups is 1. The number of carbonyl (C=O) groups excluding carboxylic acids is 1. The van der Waals surface area contributed by atoms with Crippen LogP contribution in [0.15, 0.2) is 35.8 Å². The first-order valence-electron chi connectivity index (χ1n) is 8.02. The van der Waals surface area contributed by atoms with Gasteiger partial charge in [-0.3, -0.25) is 14.2 Å². The van der Waals surface area contributed by atoms with Gasteiger partial charge in [-0.15, -0.1) is 0 Å². The smallest absolute Gasteiger partial charge is 0.245 e. The highest BCUT2D eigenvalue weighted by atomic mass is 32.2. The molecule has 0 aromatic heterocycles. The molecule has 1 aliphatic carbocycles. The summed E-state index contributed by atoms with van der Waals surface area (Å²) in [5.74, 6) is 0.629. The minimum Gasteiger partial charge on any atom is -0.399 e. The van der Waals surface area contributed by atoms with Gasteiger partial charge < -0.3 is 16.4 Å². The molecule has 0 saturated heterocycles. The van der Waals surface area contributed by atoms with E-state index in [0.29, 0.717) is 40.7 Å². The largest absolute Gasteiger partial charge is 0.399 e. The molecule has 1 saturated carbocycles. The fraction of sp³-hybridized carbons (Fsp3) is 0.444. The van der Waals surface area contributed by atoms with Crippen molar-refractivity contribution in [3.8, 4) is 0 Å². The lowest BCUT2D eigenvalue weighted by Crippen LogP contribution is -2.18. The minimum absolute atomic E-state index is 0.0556. The van der Waals surface area contributed by atoms with Crippen LogP contribution in [0.3, 0.4) is 0 Å². The van der Waals surface area contributed by atoms with Gasteiger partial charge in [0.25, 0.3) is 0 Å². The number of alkyl halides is 1. The van der Waals surface area contributed by atoms with Gasteiger partial charge >= 0.3 is 0 Å². The molecule has 2 aliphatic rings. The van der Waals surface area contributed by atoms with Crippen molar-refractivity contribution in [1.29, 1.82) is 0 Å². The number of hydrogen-bond acceptors (Lipinski definition) is 5. The first-order chi connectivity index (χ1) is 12.3. The Hall–Kier alpha value is -2.09. The highest BCUT2D eigenvalue weighted by Gasteiger charge is 2.55. The van der Waals surface area contributed by atoms with E-state index in [-0.39, 0.29) is 17.8 Å². The topological polar surface area (TPSA) is 84.7 Å². The average molecular weight is 384 g/mol. The first kappa shape index (κ1) is 22.0. The molecule has 3 unspecified atom stereocenters. The number of nitrogen functional groups attached to an aromatic ring is 1. The second-order valence-corrected chi connectivity index (χ2v) is 7.35. The predicted octanol–water partition coefficient (Wildman–Crippen LogP) is 2.99. The summed E-state index contributed by atoms with van der Waals surface area (Å²) in [6.07, 6.45) is 1.28. The molecule has 4 atom stereocenters. The Labute approximate surface area is 157 Å². The fourth-order valence-electron chi connectivity index (χ4n) is 2.75. The maximum atomic E-state index is 13.8. The number of likely N-dealkylation sites (N-methyl/N-ethyl adjacent to an activating group) is 1. The average Bonchev–Trinajstić information content (AvgIpc) is 3.27. The molecular formula is C18H26F2N4OS. The van der Waals surface area contributed by atoms with Crippen LogP contribution in [0.5, 0.6) is 0 Å². The highest BCUT2D eigenvalue weighted by Crippen LogP contribution is 2.58. The van der Waals surface area contributed by atoms with Crippen LogP contribution in [-0.4, -0.2) is 42.5 Å². The van der Waals surface area contributed by atoms with Crippen molar-refractivity contribution >= 4 is 28.5 Å². The SMILES string of the molecule is C=CC(=O)N(C)C.CF.C[C@@H]1C2SC(N)=NC(c3cc(N)ccc3F)C21. The third-order valence-electron chi connectivity index (χ3n) is 4.21. The number of rotatable bonds is 2. The Kier molecular flexibility index (Phi) is 8.08. The molecule has 8 heteroatoms. The van der Waals surface area contributed by atoms with Gasteiger partial charge in [-0.05, 0) is 30.2 Å². The lowest BCUT2D eigenvalue weighted by atomic mass is 10.0. The molecule has 1 amide bonds. The van der Waals surface area contributed by atoms with E-state index in [1.807, 2.05) is 0 Å². The van der Waals surface area contributed by atoms with Gasteiger partial charge in [0.15, 0.2) is 5.17 Å². The number of nitrogens with zero attached hydrogens (tertiary/aromatic N) is 2. The van der Waals surface area contributed by atoms with Crippen molar-refractivity contribution in [2.45, 2.75) is 18.2 Å². The van der Waals surface area contributed by atoms with Gasteiger partial charge in [0.1, 0.15) is 5.82 Å². The van der Waals surface area contributed by atoms with Crippen molar-refractivity contribution < 1.29 is 13.6 Å². The Bertz CT molecular complexity index is 681. The zero-order chi connectivity index (χ0) is 20.0. The van der Waals surface area contributed by atoms with E-state index in [0.717, 1.165) is 0 Å². The van der Waals surface area contributed by atoms with Crippen LogP contribution in [-0.2, 0) is 4.79 Å². The molecule has 1 aromatic rings. The Morgan fingerprint density at radius 3 is 2.46 bits per heavy atom. The number of thioether (sulfide) groups is 1. The number of fused-ring (bicyclic) bond motifs is 1. The number of hydrogen-bond donors (Lipinski definition) is 2. The fourth-order valence-corrected chi connectivity index (χ4v) is 4.06. The number of aliphatic imine (C=N–C) groups is 1. The van der Waals surface area contributed by atoms with E-state index < -0.39 is 0 Å². The molecule has 0 bridgehead atoms. The van der Waals surface area contributed by atoms with E-state index in [9.17, 15) is 13.6 Å². The molecule has 1 fully saturated rings. The monoisotopic (exact) mass is 384 g/mol. The lowest BCUT2D eigenvalue weighted by molar-refractivity contribution is -0.123. The molecule has 0 spiro atoms. The molecule has 1 aliphatic heterocycles. The van der Waals surface area contributed by atoms with Crippen LogP contribution < -0.4 is 11.5 Å². The van der Waals surface area contributed by atoms with E-state index in [4.69, 9.17) is 11.5 Å². The zero-order valence-electron chi connectivity index (χ0n) is 15.4. The predicted molar refractivity (Wildman–Crippen MR) is 105 cm³/mol. The normalized spacial score (nSPS) is 25.2. The number of benzene rings is 1. The Balaban J connectivity index is 0.000000321. The van der Waals surface area contributed by atoms with Gasteiger partial charge in [-0.25, -0.2) is 4.39 Å². The van der Waals surface area contributed by atoms with E-state index >= 15 is 0 Å². The molecule has 144 valence electrons. The molecule has 3 rings (SSSR count). The lowest BCUT2D eigenvalue weighted by Gasteiger charge is -2.18. The Morgan fingerprint density at radius 2 is 1.96 bits per heavy atom. The summed E-state index contributed by atoms with van der Waals surface area (Å²) in [6.45, 7) is 5.45. The summed E-state index contributed by atoms with van der Waals surface area (Å²) in [5.41, 5.74) is 12.6. The van der Waals surface area contributed by atoms with Gasteiger partial charge in [0, 0.05) is 36.5 Å². The van der Waals surface area contributed by atoms with Crippen molar-refractivity contribution in [2.75, 3.05) is 27.0 Å². The summed E-state index contributed by atoms with van der Waals surface area (Å²) in [7, 11) is 3.87. The second kappa shape index (κ2) is 9.56. The molecule has 1 aromatic carbocycles. The summed E-state index contributed by atoms with van der Waals surface area (Å²) >= 11 is 1.61. The van der Waals surface area contributed by atoms with Crippen molar-refractivity contribution in [3.05, 3.63) is 42.2 Å². The minimum atomic E-state index is -0.245. The van der Waals surface area contributed by atoms with Crippen LogP contribution in [0.4, 0.5) is 14.5 Å². The number of amides is 1. The number of anilines is 1. The maximum absolute atomic E-state index is 13.8. The first-order valence-corrected chi connectivity index (χ1v) is 8.90. The van der Waals surface area contributed by atoms with Crippen LogP contribution in [0, 0.1) is 17.7 Å². The molecular weight excluding hydrogens is 358 g/mol. The number of halogens is 2. The van der Waals surface area contributed by atoms with Crippen molar-refractivity contribution in [2.24, 2.45) is 22.6 Å². The van der Waals surface area contributed by atoms with Gasteiger partial charge in [0.2, 0.25) is 5.91 Å². The molecule has 0 radical (unpaired) electrons. The number of nitrogens with two attached hydrogens (primary N) is 2. The van der Waals surface area contributed by atoms with Gasteiger partial charge in [-0.2, -0.15) is 0 Å². The van der Waals surface area contributed by atoms with E-state index in [2.05, 4.69) is 18.5 Å².